The first-order chi connectivity index (χ1) is 12.8. The van der Waals surface area contributed by atoms with E-state index in [1.165, 1.54) is 13.0 Å². The topological polar surface area (TPSA) is 75.7 Å². The number of carbonyl (C=O) groups is 1. The van der Waals surface area contributed by atoms with Crippen LogP contribution in [0, 0.1) is 0 Å². The van der Waals surface area contributed by atoms with E-state index in [-0.39, 0.29) is 30.0 Å². The van der Waals surface area contributed by atoms with Crippen LogP contribution in [-0.4, -0.2) is 33.5 Å². The first-order valence-corrected chi connectivity index (χ1v) is 10.4. The van der Waals surface area contributed by atoms with Gasteiger partial charge in [0.05, 0.1) is 4.90 Å². The zero-order valence-electron chi connectivity index (χ0n) is 15.1. The number of nitrogens with zero attached hydrogens (tertiary/aromatic N) is 1. The highest BCUT2D eigenvalue weighted by Crippen LogP contribution is 2.33. The summed E-state index contributed by atoms with van der Waals surface area (Å²) in [5, 5.41) is 0.609. The predicted molar refractivity (Wildman–Crippen MR) is 105 cm³/mol. The van der Waals surface area contributed by atoms with E-state index in [1.807, 2.05) is 6.92 Å². The predicted octanol–water partition coefficient (Wildman–Crippen LogP) is 2.99. The molecule has 8 heteroatoms. The number of hydrogen-bond acceptors (Lipinski definition) is 4. The lowest BCUT2D eigenvalue weighted by molar-refractivity contribution is -0.116. The first kappa shape index (κ1) is 19.7. The fourth-order valence-electron chi connectivity index (χ4n) is 3.21. The van der Waals surface area contributed by atoms with Crippen molar-refractivity contribution in [1.29, 1.82) is 0 Å². The number of sulfonamides is 1. The van der Waals surface area contributed by atoms with Crippen LogP contribution in [0.3, 0.4) is 0 Å². The molecule has 0 radical (unpaired) electrons. The normalized spacial score (nSPS) is 16.3. The SMILES string of the molecule is CC(=O)N1c2ccc(S(=O)(=O)NCCOc3ccc(Cl)cc3)cc2CC1C. The summed E-state index contributed by atoms with van der Waals surface area (Å²) in [7, 11) is -3.65. The van der Waals surface area contributed by atoms with Crippen molar-refractivity contribution >= 4 is 33.2 Å². The van der Waals surface area contributed by atoms with Crippen LogP contribution in [0.1, 0.15) is 19.4 Å². The Bertz CT molecular complexity index is 945. The number of benzene rings is 2. The monoisotopic (exact) mass is 408 g/mol. The molecule has 0 aliphatic carbocycles. The molecule has 6 nitrogen and oxygen atoms in total. The average Bonchev–Trinajstić information content (AvgIpc) is 2.95. The van der Waals surface area contributed by atoms with E-state index in [2.05, 4.69) is 4.72 Å². The summed E-state index contributed by atoms with van der Waals surface area (Å²) in [6, 6.07) is 11.7. The molecule has 144 valence electrons. The highest BCUT2D eigenvalue weighted by molar-refractivity contribution is 7.89. The highest BCUT2D eigenvalue weighted by atomic mass is 35.5. The number of fused-ring (bicyclic) bond motifs is 1. The molecule has 1 unspecified atom stereocenters. The number of halogens is 1. The maximum absolute atomic E-state index is 12.5. The second-order valence-electron chi connectivity index (χ2n) is 6.43. The molecule has 2 aromatic rings. The standard InChI is InChI=1S/C19H21ClN2O4S/c1-13-11-15-12-18(7-8-19(15)22(13)14(2)23)27(24,25)21-9-10-26-17-5-3-16(20)4-6-17/h3-8,12-13,21H,9-11H2,1-2H3. The molecule has 1 heterocycles. The van der Waals surface area contributed by atoms with Gasteiger partial charge >= 0.3 is 0 Å². The average molecular weight is 409 g/mol. The number of ether oxygens (including phenoxy) is 1. The summed E-state index contributed by atoms with van der Waals surface area (Å²) in [4.78, 5) is 13.7. The van der Waals surface area contributed by atoms with E-state index >= 15 is 0 Å². The lowest BCUT2D eigenvalue weighted by Gasteiger charge is -2.20. The molecule has 2 aromatic carbocycles. The van der Waals surface area contributed by atoms with Gasteiger partial charge in [0.25, 0.3) is 0 Å². The molecule has 1 atom stereocenters. The summed E-state index contributed by atoms with van der Waals surface area (Å²) < 4.78 is 33.1. The lowest BCUT2D eigenvalue weighted by Crippen LogP contribution is -2.33. The van der Waals surface area contributed by atoms with Crippen molar-refractivity contribution in [3.05, 3.63) is 53.1 Å². The quantitative estimate of drug-likeness (QED) is 0.745. The van der Waals surface area contributed by atoms with Gasteiger partial charge in [-0.3, -0.25) is 4.79 Å². The molecule has 0 saturated carbocycles. The fourth-order valence-corrected chi connectivity index (χ4v) is 4.40. The van der Waals surface area contributed by atoms with E-state index < -0.39 is 10.0 Å². The van der Waals surface area contributed by atoms with Gasteiger partial charge in [0.15, 0.2) is 0 Å². The van der Waals surface area contributed by atoms with Crippen molar-refractivity contribution in [3.8, 4) is 5.75 Å². The Labute approximate surface area is 164 Å². The summed E-state index contributed by atoms with van der Waals surface area (Å²) >= 11 is 5.81. The van der Waals surface area contributed by atoms with Crippen molar-refractivity contribution < 1.29 is 17.9 Å². The number of anilines is 1. The van der Waals surface area contributed by atoms with Gasteiger partial charge in [-0.15, -0.1) is 0 Å². The van der Waals surface area contributed by atoms with Crippen LogP contribution >= 0.6 is 11.6 Å². The third-order valence-electron chi connectivity index (χ3n) is 4.39. The van der Waals surface area contributed by atoms with Crippen molar-refractivity contribution in [2.45, 2.75) is 31.2 Å². The Morgan fingerprint density at radius 1 is 1.26 bits per heavy atom. The van der Waals surface area contributed by atoms with Crippen molar-refractivity contribution in [2.24, 2.45) is 0 Å². The van der Waals surface area contributed by atoms with E-state index in [0.29, 0.717) is 17.2 Å². The maximum atomic E-state index is 12.5. The number of rotatable bonds is 6. The Balaban J connectivity index is 1.63. The van der Waals surface area contributed by atoms with Crippen LogP contribution in [-0.2, 0) is 21.2 Å². The molecular weight excluding hydrogens is 388 g/mol. The number of amides is 1. The number of hydrogen-bond donors (Lipinski definition) is 1. The van der Waals surface area contributed by atoms with Crippen LogP contribution in [0.25, 0.3) is 0 Å². The van der Waals surface area contributed by atoms with Gasteiger partial charge in [-0.2, -0.15) is 0 Å². The Morgan fingerprint density at radius 3 is 2.63 bits per heavy atom. The molecule has 1 aliphatic rings. The minimum Gasteiger partial charge on any atom is -0.492 e. The van der Waals surface area contributed by atoms with Crippen LogP contribution in [0.5, 0.6) is 5.75 Å². The van der Waals surface area contributed by atoms with E-state index in [0.717, 1.165) is 11.3 Å². The summed E-state index contributed by atoms with van der Waals surface area (Å²) in [6.07, 6.45) is 0.637. The Morgan fingerprint density at radius 2 is 1.96 bits per heavy atom. The minimum absolute atomic E-state index is 0.0242. The van der Waals surface area contributed by atoms with Gasteiger partial charge in [-0.05, 0) is 61.4 Å². The van der Waals surface area contributed by atoms with Gasteiger partial charge in [0.2, 0.25) is 15.9 Å². The molecular formula is C19H21ClN2O4S. The lowest BCUT2D eigenvalue weighted by atomic mass is 10.1. The van der Waals surface area contributed by atoms with E-state index in [9.17, 15) is 13.2 Å². The van der Waals surface area contributed by atoms with Crippen molar-refractivity contribution in [3.63, 3.8) is 0 Å². The molecule has 0 aromatic heterocycles. The maximum Gasteiger partial charge on any atom is 0.240 e. The zero-order chi connectivity index (χ0) is 19.6. The van der Waals surface area contributed by atoms with Gasteiger partial charge in [-0.25, -0.2) is 13.1 Å². The van der Waals surface area contributed by atoms with E-state index in [4.69, 9.17) is 16.3 Å². The Hall–Kier alpha value is -2.09. The first-order valence-electron chi connectivity index (χ1n) is 8.59. The number of carbonyl (C=O) groups excluding carboxylic acids is 1. The van der Waals surface area contributed by atoms with Crippen LogP contribution in [0.15, 0.2) is 47.4 Å². The molecule has 0 fully saturated rings. The van der Waals surface area contributed by atoms with Crippen molar-refractivity contribution in [1.82, 2.24) is 4.72 Å². The Kier molecular flexibility index (Phi) is 5.74. The molecule has 1 N–H and O–H groups in total. The second kappa shape index (κ2) is 7.88. The van der Waals surface area contributed by atoms with Crippen LogP contribution in [0.2, 0.25) is 5.02 Å². The van der Waals surface area contributed by atoms with Crippen molar-refractivity contribution in [2.75, 3.05) is 18.1 Å². The number of nitrogens with one attached hydrogen (secondary N) is 1. The van der Waals surface area contributed by atoms with Gasteiger partial charge in [-0.1, -0.05) is 11.6 Å². The fraction of sp³-hybridized carbons (Fsp3) is 0.316. The zero-order valence-corrected chi connectivity index (χ0v) is 16.7. The third-order valence-corrected chi connectivity index (χ3v) is 6.10. The molecule has 27 heavy (non-hydrogen) atoms. The highest BCUT2D eigenvalue weighted by Gasteiger charge is 2.30. The minimum atomic E-state index is -3.65. The summed E-state index contributed by atoms with van der Waals surface area (Å²) in [5.41, 5.74) is 1.64. The van der Waals surface area contributed by atoms with Crippen LogP contribution < -0.4 is 14.4 Å². The molecule has 0 bridgehead atoms. The molecule has 1 amide bonds. The molecule has 0 spiro atoms. The smallest absolute Gasteiger partial charge is 0.240 e. The van der Waals surface area contributed by atoms with Gasteiger partial charge in [0, 0.05) is 30.2 Å². The van der Waals surface area contributed by atoms with Gasteiger partial charge < -0.3 is 9.64 Å². The molecule has 3 rings (SSSR count). The third kappa shape index (κ3) is 4.43. The summed E-state index contributed by atoms with van der Waals surface area (Å²) in [5.74, 6) is 0.573. The van der Waals surface area contributed by atoms with Crippen LogP contribution in [0.4, 0.5) is 5.69 Å². The molecule has 0 saturated heterocycles. The summed E-state index contributed by atoms with van der Waals surface area (Å²) in [6.45, 7) is 3.79. The second-order valence-corrected chi connectivity index (χ2v) is 8.64. The largest absolute Gasteiger partial charge is 0.492 e. The van der Waals surface area contributed by atoms with E-state index in [1.54, 1.807) is 41.3 Å². The molecule has 1 aliphatic heterocycles. The van der Waals surface area contributed by atoms with Gasteiger partial charge in [0.1, 0.15) is 12.4 Å².